The maximum atomic E-state index is 11.3. The van der Waals surface area contributed by atoms with E-state index >= 15 is 0 Å². The molecule has 6 heteroatoms. The third-order valence-electron chi connectivity index (χ3n) is 2.66. The van der Waals surface area contributed by atoms with Crippen LogP contribution in [0.1, 0.15) is 12.0 Å². The van der Waals surface area contributed by atoms with Crippen molar-refractivity contribution in [1.29, 1.82) is 5.26 Å². The summed E-state index contributed by atoms with van der Waals surface area (Å²) in [6, 6.07) is 7.22. The second kappa shape index (κ2) is 5.50. The Kier molecular flexibility index (Phi) is 3.78. The molecule has 1 aromatic heterocycles. The number of nitrogens with zero attached hydrogens (tertiary/aromatic N) is 2. The minimum absolute atomic E-state index is 0.0734. The maximum absolute atomic E-state index is 11.3. The van der Waals surface area contributed by atoms with Crippen molar-refractivity contribution >= 4 is 16.9 Å². The Hall–Kier alpha value is -2.39. The molecule has 0 bridgehead atoms. The van der Waals surface area contributed by atoms with Crippen molar-refractivity contribution in [3.05, 3.63) is 34.3 Å². The topological polar surface area (TPSA) is 90.1 Å². The molecular formula is C13H13N3O3. The summed E-state index contributed by atoms with van der Waals surface area (Å²) in [5.74, 6) is -0.594. The van der Waals surface area contributed by atoms with Crippen LogP contribution < -0.4 is 5.76 Å². The standard InChI is InChI=1S/C13H13N3O3/c1-16(8-10(17)4-5-14)7-9-2-3-11-12(6-9)19-13(18)15-11/h2-3,6H,4,7-8H2,1H3,(H,15,18). The number of H-pyrrole nitrogens is 1. The second-order valence-corrected chi connectivity index (χ2v) is 4.39. The first kappa shape index (κ1) is 13.1. The van der Waals surface area contributed by atoms with Crippen molar-refractivity contribution in [2.45, 2.75) is 13.0 Å². The Balaban J connectivity index is 2.06. The number of carbonyl (C=O) groups is 1. The van der Waals surface area contributed by atoms with Crippen LogP contribution in [0, 0.1) is 11.3 Å². The zero-order valence-electron chi connectivity index (χ0n) is 10.5. The molecule has 1 aromatic carbocycles. The van der Waals surface area contributed by atoms with Gasteiger partial charge in [0.1, 0.15) is 0 Å². The quantitative estimate of drug-likeness (QED) is 0.866. The molecule has 0 aliphatic heterocycles. The second-order valence-electron chi connectivity index (χ2n) is 4.39. The van der Waals surface area contributed by atoms with Crippen LogP contribution in [0.3, 0.4) is 0 Å². The molecule has 0 radical (unpaired) electrons. The van der Waals surface area contributed by atoms with Gasteiger partial charge in [0.05, 0.1) is 24.6 Å². The van der Waals surface area contributed by atoms with Gasteiger partial charge in [-0.15, -0.1) is 0 Å². The van der Waals surface area contributed by atoms with Crippen molar-refractivity contribution in [3.8, 4) is 6.07 Å². The van der Waals surface area contributed by atoms with E-state index in [9.17, 15) is 9.59 Å². The lowest BCUT2D eigenvalue weighted by Gasteiger charge is -2.14. The number of benzene rings is 1. The van der Waals surface area contributed by atoms with E-state index in [1.54, 1.807) is 19.2 Å². The minimum Gasteiger partial charge on any atom is -0.408 e. The summed E-state index contributed by atoms with van der Waals surface area (Å²) in [5.41, 5.74) is 2.08. The molecule has 0 fully saturated rings. The van der Waals surface area contributed by atoms with Crippen molar-refractivity contribution < 1.29 is 9.21 Å². The molecule has 0 spiro atoms. The van der Waals surface area contributed by atoms with E-state index in [-0.39, 0.29) is 18.7 Å². The van der Waals surface area contributed by atoms with Crippen LogP contribution >= 0.6 is 0 Å². The van der Waals surface area contributed by atoms with Crippen LogP contribution in [0.4, 0.5) is 0 Å². The molecule has 0 unspecified atom stereocenters. The molecule has 0 saturated heterocycles. The molecule has 6 nitrogen and oxygen atoms in total. The first-order chi connectivity index (χ1) is 9.08. The van der Waals surface area contributed by atoms with E-state index < -0.39 is 5.76 Å². The van der Waals surface area contributed by atoms with Crippen LogP contribution in [0.2, 0.25) is 0 Å². The van der Waals surface area contributed by atoms with E-state index in [4.69, 9.17) is 9.68 Å². The Morgan fingerprint density at radius 2 is 2.32 bits per heavy atom. The SMILES string of the molecule is CN(CC(=O)CC#N)Cc1ccc2[nH]c(=O)oc2c1. The van der Waals surface area contributed by atoms with Gasteiger partial charge in [-0.25, -0.2) is 4.79 Å². The van der Waals surface area contributed by atoms with Crippen LogP contribution in [0.15, 0.2) is 27.4 Å². The number of hydrogen-bond acceptors (Lipinski definition) is 5. The van der Waals surface area contributed by atoms with Gasteiger partial charge >= 0.3 is 5.76 Å². The normalized spacial score (nSPS) is 10.8. The highest BCUT2D eigenvalue weighted by molar-refractivity contribution is 5.82. The molecule has 2 rings (SSSR count). The van der Waals surface area contributed by atoms with Gasteiger partial charge in [-0.1, -0.05) is 6.07 Å². The zero-order chi connectivity index (χ0) is 13.8. The highest BCUT2D eigenvalue weighted by Gasteiger charge is 2.08. The summed E-state index contributed by atoms with van der Waals surface area (Å²) >= 11 is 0. The van der Waals surface area contributed by atoms with Gasteiger partial charge in [-0.05, 0) is 24.7 Å². The molecule has 0 aliphatic carbocycles. The van der Waals surface area contributed by atoms with Crippen molar-refractivity contribution in [1.82, 2.24) is 9.88 Å². The predicted octanol–water partition coefficient (Wildman–Crippen LogP) is 1.04. The summed E-state index contributed by atoms with van der Waals surface area (Å²) in [7, 11) is 1.80. The maximum Gasteiger partial charge on any atom is 0.417 e. The van der Waals surface area contributed by atoms with E-state index in [1.165, 1.54) is 0 Å². The fourth-order valence-corrected chi connectivity index (χ4v) is 1.90. The molecular weight excluding hydrogens is 246 g/mol. The number of aromatic nitrogens is 1. The number of rotatable bonds is 5. The highest BCUT2D eigenvalue weighted by Crippen LogP contribution is 2.13. The van der Waals surface area contributed by atoms with Gasteiger partial charge in [0.2, 0.25) is 0 Å². The monoisotopic (exact) mass is 259 g/mol. The number of hydrogen-bond donors (Lipinski definition) is 1. The Bertz CT molecular complexity index is 693. The van der Waals surface area contributed by atoms with Crippen molar-refractivity contribution in [2.24, 2.45) is 0 Å². The number of ketones is 1. The number of nitrogens with one attached hydrogen (secondary N) is 1. The number of fused-ring (bicyclic) bond motifs is 1. The van der Waals surface area contributed by atoms with E-state index in [2.05, 4.69) is 4.98 Å². The smallest absolute Gasteiger partial charge is 0.408 e. The van der Waals surface area contributed by atoms with Gasteiger partial charge in [0.25, 0.3) is 0 Å². The number of carbonyl (C=O) groups excluding carboxylic acids is 1. The number of aromatic amines is 1. The van der Waals surface area contributed by atoms with Gasteiger partial charge in [0, 0.05) is 6.54 Å². The summed E-state index contributed by atoms with van der Waals surface area (Å²) in [4.78, 5) is 26.7. The van der Waals surface area contributed by atoms with Gasteiger partial charge in [-0.2, -0.15) is 5.26 Å². The molecule has 0 amide bonds. The first-order valence-electron chi connectivity index (χ1n) is 5.77. The van der Waals surface area contributed by atoms with Crippen LogP contribution in [0.25, 0.3) is 11.1 Å². The molecule has 98 valence electrons. The summed E-state index contributed by atoms with van der Waals surface area (Å²) in [5, 5.41) is 8.43. The average molecular weight is 259 g/mol. The predicted molar refractivity (Wildman–Crippen MR) is 68.4 cm³/mol. The Morgan fingerprint density at radius 3 is 3.05 bits per heavy atom. The lowest BCUT2D eigenvalue weighted by Crippen LogP contribution is -2.25. The lowest BCUT2D eigenvalue weighted by atomic mass is 10.2. The molecule has 19 heavy (non-hydrogen) atoms. The summed E-state index contributed by atoms with van der Waals surface area (Å²) in [6.07, 6.45) is -0.0734. The number of oxazole rings is 1. The summed E-state index contributed by atoms with van der Waals surface area (Å²) in [6.45, 7) is 0.769. The Morgan fingerprint density at radius 1 is 1.53 bits per heavy atom. The zero-order valence-corrected chi connectivity index (χ0v) is 10.5. The first-order valence-corrected chi connectivity index (χ1v) is 5.77. The van der Waals surface area contributed by atoms with Crippen molar-refractivity contribution in [2.75, 3.05) is 13.6 Å². The third kappa shape index (κ3) is 3.30. The molecule has 0 aliphatic rings. The fourth-order valence-electron chi connectivity index (χ4n) is 1.90. The molecule has 1 heterocycles. The van der Waals surface area contributed by atoms with E-state index in [1.807, 2.05) is 17.0 Å². The van der Waals surface area contributed by atoms with E-state index in [0.717, 1.165) is 5.56 Å². The van der Waals surface area contributed by atoms with E-state index in [0.29, 0.717) is 17.6 Å². The van der Waals surface area contributed by atoms with Crippen LogP contribution in [0.5, 0.6) is 0 Å². The third-order valence-corrected chi connectivity index (χ3v) is 2.66. The highest BCUT2D eigenvalue weighted by atomic mass is 16.4. The van der Waals surface area contributed by atoms with Gasteiger partial charge in [-0.3, -0.25) is 14.7 Å². The minimum atomic E-state index is -0.482. The lowest BCUT2D eigenvalue weighted by molar-refractivity contribution is -0.119. The van der Waals surface area contributed by atoms with Crippen LogP contribution in [-0.4, -0.2) is 29.3 Å². The van der Waals surface area contributed by atoms with Gasteiger partial charge in [0.15, 0.2) is 11.4 Å². The molecule has 1 N–H and O–H groups in total. The molecule has 2 aromatic rings. The molecule has 0 saturated carbocycles. The number of nitriles is 1. The van der Waals surface area contributed by atoms with Crippen LogP contribution in [-0.2, 0) is 11.3 Å². The fraction of sp³-hybridized carbons (Fsp3) is 0.308. The Labute approximate surface area is 109 Å². The van der Waals surface area contributed by atoms with Gasteiger partial charge < -0.3 is 4.42 Å². The molecule has 0 atom stereocenters. The summed E-state index contributed by atoms with van der Waals surface area (Å²) < 4.78 is 4.97. The van der Waals surface area contributed by atoms with Crippen molar-refractivity contribution in [3.63, 3.8) is 0 Å². The largest absolute Gasteiger partial charge is 0.417 e. The number of Topliss-reactive ketones (excluding diaryl/α,β-unsaturated/α-hetero) is 1. The number of likely N-dealkylation sites (N-methyl/N-ethyl adjacent to an activating group) is 1. The average Bonchev–Trinajstić information content (AvgIpc) is 2.68.